The maximum atomic E-state index is 12.4. The van der Waals surface area contributed by atoms with E-state index in [4.69, 9.17) is 27.9 Å². The minimum Gasteiger partial charge on any atom is -0.449 e. The SMILES string of the molecule is CC(OC(=O)c1cccc(N2CCCS2(=O)=O)c1)C(=O)Nc1cccc(Cl)c1Cl. The summed E-state index contributed by atoms with van der Waals surface area (Å²) < 4.78 is 30.6. The van der Waals surface area contributed by atoms with Gasteiger partial charge in [-0.1, -0.05) is 35.3 Å². The quantitative estimate of drug-likeness (QED) is 0.691. The first-order chi connectivity index (χ1) is 13.7. The van der Waals surface area contributed by atoms with Gasteiger partial charge in [0.2, 0.25) is 10.0 Å². The summed E-state index contributed by atoms with van der Waals surface area (Å²) in [7, 11) is -3.37. The summed E-state index contributed by atoms with van der Waals surface area (Å²) >= 11 is 12.0. The van der Waals surface area contributed by atoms with Crippen LogP contribution in [0.25, 0.3) is 0 Å². The molecule has 7 nitrogen and oxygen atoms in total. The largest absolute Gasteiger partial charge is 0.449 e. The van der Waals surface area contributed by atoms with Crippen molar-refractivity contribution in [1.82, 2.24) is 0 Å². The van der Waals surface area contributed by atoms with Gasteiger partial charge in [0.1, 0.15) is 0 Å². The van der Waals surface area contributed by atoms with Gasteiger partial charge in [0, 0.05) is 6.54 Å². The van der Waals surface area contributed by atoms with Gasteiger partial charge in [0.15, 0.2) is 6.10 Å². The van der Waals surface area contributed by atoms with E-state index in [1.807, 2.05) is 0 Å². The summed E-state index contributed by atoms with van der Waals surface area (Å²) in [5.41, 5.74) is 0.832. The lowest BCUT2D eigenvalue weighted by atomic mass is 10.2. The molecule has 0 aromatic heterocycles. The number of anilines is 2. The lowest BCUT2D eigenvalue weighted by molar-refractivity contribution is -0.123. The first-order valence-electron chi connectivity index (χ1n) is 8.75. The highest BCUT2D eigenvalue weighted by Crippen LogP contribution is 2.30. The summed E-state index contributed by atoms with van der Waals surface area (Å²) in [6.45, 7) is 1.78. The molecule has 2 aromatic rings. The van der Waals surface area contributed by atoms with E-state index in [-0.39, 0.29) is 21.4 Å². The molecule has 1 aliphatic heterocycles. The van der Waals surface area contributed by atoms with Crippen LogP contribution in [-0.2, 0) is 19.6 Å². The maximum Gasteiger partial charge on any atom is 0.338 e. The number of hydrogen-bond acceptors (Lipinski definition) is 5. The fraction of sp³-hybridized carbons (Fsp3) is 0.263. The van der Waals surface area contributed by atoms with E-state index in [0.29, 0.717) is 24.3 Å². The van der Waals surface area contributed by atoms with E-state index >= 15 is 0 Å². The zero-order valence-electron chi connectivity index (χ0n) is 15.4. The van der Waals surface area contributed by atoms with Crippen LogP contribution in [0.15, 0.2) is 42.5 Å². The summed E-state index contributed by atoms with van der Waals surface area (Å²) in [4.78, 5) is 24.8. The highest BCUT2D eigenvalue weighted by molar-refractivity contribution is 7.93. The van der Waals surface area contributed by atoms with Crippen LogP contribution in [-0.4, -0.2) is 38.7 Å². The lowest BCUT2D eigenvalue weighted by Crippen LogP contribution is -2.30. The van der Waals surface area contributed by atoms with Crippen LogP contribution in [0.1, 0.15) is 23.7 Å². The normalized spacial score (nSPS) is 16.3. The number of nitrogens with zero attached hydrogens (tertiary/aromatic N) is 1. The van der Waals surface area contributed by atoms with Crippen molar-refractivity contribution < 1.29 is 22.7 Å². The predicted molar refractivity (Wildman–Crippen MR) is 112 cm³/mol. The van der Waals surface area contributed by atoms with Gasteiger partial charge in [-0.15, -0.1) is 0 Å². The highest BCUT2D eigenvalue weighted by Gasteiger charge is 2.29. The first kappa shape index (κ1) is 21.4. The van der Waals surface area contributed by atoms with E-state index in [2.05, 4.69) is 5.32 Å². The molecule has 1 atom stereocenters. The highest BCUT2D eigenvalue weighted by atomic mass is 35.5. The minimum absolute atomic E-state index is 0.0743. The molecule has 0 spiro atoms. The maximum absolute atomic E-state index is 12.4. The van der Waals surface area contributed by atoms with E-state index in [9.17, 15) is 18.0 Å². The standard InChI is InChI=1S/C19H18Cl2N2O5S/c1-12(18(24)22-16-8-3-7-15(20)17(16)21)28-19(25)13-5-2-6-14(11-13)23-9-4-10-29(23,26)27/h2-3,5-8,11-12H,4,9-10H2,1H3,(H,22,24). The smallest absolute Gasteiger partial charge is 0.338 e. The van der Waals surface area contributed by atoms with E-state index in [0.717, 1.165) is 0 Å². The van der Waals surface area contributed by atoms with Crippen LogP contribution in [0.4, 0.5) is 11.4 Å². The fourth-order valence-electron chi connectivity index (χ4n) is 2.83. The molecule has 1 aliphatic rings. The van der Waals surface area contributed by atoms with E-state index in [1.165, 1.54) is 23.4 Å². The molecule has 2 aromatic carbocycles. The molecule has 0 radical (unpaired) electrons. The molecule has 1 saturated heterocycles. The Hall–Kier alpha value is -2.29. The number of carbonyl (C=O) groups is 2. The van der Waals surface area contributed by atoms with Gasteiger partial charge in [0.05, 0.1) is 32.7 Å². The number of esters is 1. The third-order valence-corrected chi connectivity index (χ3v) is 7.02. The molecule has 1 unspecified atom stereocenters. The Morgan fingerprint density at radius 2 is 1.90 bits per heavy atom. The zero-order valence-corrected chi connectivity index (χ0v) is 17.7. The van der Waals surface area contributed by atoms with Crippen LogP contribution >= 0.6 is 23.2 Å². The van der Waals surface area contributed by atoms with Crippen LogP contribution in [0.3, 0.4) is 0 Å². The van der Waals surface area contributed by atoms with Crippen molar-refractivity contribution in [1.29, 1.82) is 0 Å². The topological polar surface area (TPSA) is 92.8 Å². The van der Waals surface area contributed by atoms with Crippen molar-refractivity contribution >= 4 is 56.5 Å². The number of rotatable bonds is 5. The predicted octanol–water partition coefficient (Wildman–Crippen LogP) is 3.72. The van der Waals surface area contributed by atoms with Crippen LogP contribution in [0.2, 0.25) is 10.0 Å². The Morgan fingerprint density at radius 3 is 2.59 bits per heavy atom. The van der Waals surface area contributed by atoms with Crippen molar-refractivity contribution in [3.8, 4) is 0 Å². The number of halogens is 2. The van der Waals surface area contributed by atoms with Gasteiger partial charge in [-0.25, -0.2) is 13.2 Å². The van der Waals surface area contributed by atoms with E-state index in [1.54, 1.807) is 30.3 Å². The molecule has 1 fully saturated rings. The minimum atomic E-state index is -3.37. The molecule has 10 heteroatoms. The third-order valence-electron chi connectivity index (χ3n) is 4.33. The van der Waals surface area contributed by atoms with E-state index < -0.39 is 28.0 Å². The number of sulfonamides is 1. The van der Waals surface area contributed by atoms with Gasteiger partial charge in [-0.05, 0) is 43.7 Å². The molecule has 0 bridgehead atoms. The average molecular weight is 457 g/mol. The van der Waals surface area contributed by atoms with Gasteiger partial charge in [-0.2, -0.15) is 0 Å². The lowest BCUT2D eigenvalue weighted by Gasteiger charge is -2.18. The monoisotopic (exact) mass is 456 g/mol. The van der Waals surface area contributed by atoms with Crippen molar-refractivity contribution in [2.45, 2.75) is 19.4 Å². The molecule has 0 aliphatic carbocycles. The van der Waals surface area contributed by atoms with Crippen molar-refractivity contribution in [2.24, 2.45) is 0 Å². The van der Waals surface area contributed by atoms with Crippen molar-refractivity contribution in [3.63, 3.8) is 0 Å². The molecule has 154 valence electrons. The summed E-state index contributed by atoms with van der Waals surface area (Å²) in [5, 5.41) is 3.02. The molecule has 29 heavy (non-hydrogen) atoms. The van der Waals surface area contributed by atoms with Gasteiger partial charge >= 0.3 is 5.97 Å². The zero-order chi connectivity index (χ0) is 21.2. The van der Waals surface area contributed by atoms with Gasteiger partial charge in [-0.3, -0.25) is 9.10 Å². The first-order valence-corrected chi connectivity index (χ1v) is 11.1. The number of amides is 1. The summed E-state index contributed by atoms with van der Waals surface area (Å²) in [6.07, 6.45) is -0.586. The second kappa shape index (κ2) is 8.61. The Labute approximate surface area is 178 Å². The molecular formula is C19H18Cl2N2O5S. The van der Waals surface area contributed by atoms with Crippen LogP contribution < -0.4 is 9.62 Å². The second-order valence-electron chi connectivity index (χ2n) is 6.43. The summed E-state index contributed by atoms with van der Waals surface area (Å²) in [6, 6.07) is 10.9. The number of nitrogens with one attached hydrogen (secondary N) is 1. The number of carbonyl (C=O) groups excluding carboxylic acids is 2. The Morgan fingerprint density at radius 1 is 1.17 bits per heavy atom. The number of ether oxygens (including phenoxy) is 1. The van der Waals surface area contributed by atoms with Crippen LogP contribution in [0, 0.1) is 0 Å². The molecule has 1 heterocycles. The summed E-state index contributed by atoms with van der Waals surface area (Å²) in [5.74, 6) is -1.26. The average Bonchev–Trinajstić information content (AvgIpc) is 3.04. The molecular weight excluding hydrogens is 439 g/mol. The molecule has 1 N–H and O–H groups in total. The molecule has 0 saturated carbocycles. The number of hydrogen-bond donors (Lipinski definition) is 1. The molecule has 1 amide bonds. The molecule has 3 rings (SSSR count). The fourth-order valence-corrected chi connectivity index (χ4v) is 4.74. The Kier molecular flexibility index (Phi) is 6.36. The van der Waals surface area contributed by atoms with Gasteiger partial charge in [0.25, 0.3) is 5.91 Å². The van der Waals surface area contributed by atoms with Crippen LogP contribution in [0.5, 0.6) is 0 Å². The third kappa shape index (κ3) is 4.83. The van der Waals surface area contributed by atoms with Crippen molar-refractivity contribution in [2.75, 3.05) is 21.9 Å². The Bertz CT molecular complexity index is 1060. The van der Waals surface area contributed by atoms with Gasteiger partial charge < -0.3 is 10.1 Å². The second-order valence-corrected chi connectivity index (χ2v) is 9.23. The Balaban J connectivity index is 1.69. The van der Waals surface area contributed by atoms with Crippen molar-refractivity contribution in [3.05, 3.63) is 58.1 Å². The number of benzene rings is 2.